The van der Waals surface area contributed by atoms with E-state index >= 15 is 0 Å². The minimum atomic E-state index is -1.18. The monoisotopic (exact) mass is 282 g/mol. The van der Waals surface area contributed by atoms with Crippen molar-refractivity contribution in [2.75, 3.05) is 6.54 Å². The van der Waals surface area contributed by atoms with Crippen molar-refractivity contribution >= 4 is 17.6 Å². The number of benzene rings is 1. The Labute approximate surface area is 114 Å². The van der Waals surface area contributed by atoms with Gasteiger partial charge in [-0.2, -0.15) is 0 Å². The number of amides is 1. The number of rotatable bonds is 5. The van der Waals surface area contributed by atoms with Gasteiger partial charge < -0.3 is 15.1 Å². The number of hydrogen-bond donors (Lipinski definition) is 2. The number of phenols is 1. The zero-order valence-electron chi connectivity index (χ0n) is 10.9. The number of nitro groups is 1. The van der Waals surface area contributed by atoms with Gasteiger partial charge >= 0.3 is 11.7 Å². The van der Waals surface area contributed by atoms with Crippen LogP contribution in [0.2, 0.25) is 0 Å². The number of aromatic hydroxyl groups is 1. The van der Waals surface area contributed by atoms with Crippen molar-refractivity contribution in [2.45, 2.75) is 19.9 Å². The van der Waals surface area contributed by atoms with Crippen LogP contribution in [0.15, 0.2) is 18.2 Å². The second kappa shape index (κ2) is 6.00. The van der Waals surface area contributed by atoms with E-state index < -0.39 is 34.8 Å². The molecule has 8 nitrogen and oxygen atoms in total. The first-order valence-corrected chi connectivity index (χ1v) is 5.74. The lowest BCUT2D eigenvalue weighted by molar-refractivity contribution is -0.385. The molecule has 0 atom stereocenters. The molecule has 0 aliphatic heterocycles. The quantitative estimate of drug-likeness (QED) is 0.619. The number of nitrogens with zero attached hydrogens (tertiary/aromatic N) is 2. The molecule has 2 N–H and O–H groups in total. The average molecular weight is 282 g/mol. The highest BCUT2D eigenvalue weighted by molar-refractivity contribution is 5.96. The predicted molar refractivity (Wildman–Crippen MR) is 68.6 cm³/mol. The fraction of sp³-hybridized carbons (Fsp3) is 0.333. The average Bonchev–Trinajstić information content (AvgIpc) is 2.34. The highest BCUT2D eigenvalue weighted by Gasteiger charge is 2.24. The molecule has 108 valence electrons. The maximum Gasteiger partial charge on any atom is 0.323 e. The number of carboxylic acid groups (broad SMARTS) is 1. The van der Waals surface area contributed by atoms with E-state index in [0.29, 0.717) is 0 Å². The molecule has 1 amide bonds. The first kappa shape index (κ1) is 15.4. The van der Waals surface area contributed by atoms with Crippen LogP contribution in [-0.2, 0) is 4.79 Å². The fourth-order valence-electron chi connectivity index (χ4n) is 1.60. The molecule has 0 saturated heterocycles. The molecule has 8 heteroatoms. The first-order chi connectivity index (χ1) is 9.23. The standard InChI is InChI=1S/C12H14N2O6/c1-7(2)13(6-11(16)17)12(18)8-3-4-10(15)9(5-8)14(19)20/h3-5,7,15H,6H2,1-2H3,(H,16,17). The van der Waals surface area contributed by atoms with Gasteiger partial charge in [-0.15, -0.1) is 0 Å². The predicted octanol–water partition coefficient (Wildman–Crippen LogP) is 1.24. The molecule has 1 aromatic rings. The molecule has 1 rings (SSSR count). The highest BCUT2D eigenvalue weighted by Crippen LogP contribution is 2.27. The molecule has 0 fully saturated rings. The molecule has 1 aromatic carbocycles. The summed E-state index contributed by atoms with van der Waals surface area (Å²) in [6.07, 6.45) is 0. The van der Waals surface area contributed by atoms with E-state index in [9.17, 15) is 24.8 Å². The summed E-state index contributed by atoms with van der Waals surface area (Å²) >= 11 is 0. The van der Waals surface area contributed by atoms with Crippen LogP contribution in [0, 0.1) is 10.1 Å². The van der Waals surface area contributed by atoms with Crippen LogP contribution in [0.1, 0.15) is 24.2 Å². The van der Waals surface area contributed by atoms with Gasteiger partial charge in [0, 0.05) is 17.7 Å². The molecular weight excluding hydrogens is 268 g/mol. The van der Waals surface area contributed by atoms with E-state index in [1.165, 1.54) is 6.07 Å². The summed E-state index contributed by atoms with van der Waals surface area (Å²) in [7, 11) is 0. The molecule has 0 bridgehead atoms. The van der Waals surface area contributed by atoms with E-state index in [1.807, 2.05) is 0 Å². The van der Waals surface area contributed by atoms with Crippen molar-refractivity contribution in [2.24, 2.45) is 0 Å². The van der Waals surface area contributed by atoms with Crippen molar-refractivity contribution in [3.8, 4) is 5.75 Å². The lowest BCUT2D eigenvalue weighted by Crippen LogP contribution is -2.40. The Morgan fingerprint density at radius 2 is 2.00 bits per heavy atom. The number of aliphatic carboxylic acids is 1. The Bertz CT molecular complexity index is 555. The Morgan fingerprint density at radius 1 is 1.40 bits per heavy atom. The van der Waals surface area contributed by atoms with Gasteiger partial charge in [0.1, 0.15) is 6.54 Å². The molecule has 0 spiro atoms. The summed E-state index contributed by atoms with van der Waals surface area (Å²) in [6, 6.07) is 2.79. The SMILES string of the molecule is CC(C)N(CC(=O)O)C(=O)c1ccc(O)c([N+](=O)[O-])c1. The van der Waals surface area contributed by atoms with E-state index in [2.05, 4.69) is 0 Å². The van der Waals surface area contributed by atoms with Crippen LogP contribution in [-0.4, -0.2) is 44.5 Å². The Balaban J connectivity index is 3.15. The van der Waals surface area contributed by atoms with Gasteiger partial charge in [0.15, 0.2) is 5.75 Å². The Kier molecular flexibility index (Phi) is 4.63. The summed E-state index contributed by atoms with van der Waals surface area (Å²) in [5.74, 6) is -2.38. The third-order valence-corrected chi connectivity index (χ3v) is 2.61. The van der Waals surface area contributed by atoms with E-state index in [1.54, 1.807) is 13.8 Å². The van der Waals surface area contributed by atoms with Crippen molar-refractivity contribution in [1.82, 2.24) is 4.90 Å². The summed E-state index contributed by atoms with van der Waals surface area (Å²) in [6.45, 7) is 2.76. The Hall–Kier alpha value is -2.64. The first-order valence-electron chi connectivity index (χ1n) is 5.74. The minimum absolute atomic E-state index is 0.0514. The second-order valence-electron chi connectivity index (χ2n) is 4.38. The van der Waals surface area contributed by atoms with Gasteiger partial charge in [0.2, 0.25) is 0 Å². The number of phenolic OH excluding ortho intramolecular Hbond substituents is 1. The molecule has 0 radical (unpaired) electrons. The van der Waals surface area contributed by atoms with Crippen molar-refractivity contribution < 1.29 is 24.7 Å². The molecule has 0 aliphatic carbocycles. The van der Waals surface area contributed by atoms with Gasteiger partial charge in [0.25, 0.3) is 5.91 Å². The topological polar surface area (TPSA) is 121 Å². The molecule has 0 aromatic heterocycles. The highest BCUT2D eigenvalue weighted by atomic mass is 16.6. The molecule has 0 heterocycles. The minimum Gasteiger partial charge on any atom is -0.502 e. The van der Waals surface area contributed by atoms with Crippen LogP contribution in [0.5, 0.6) is 5.75 Å². The molecule has 0 aliphatic rings. The van der Waals surface area contributed by atoms with Crippen molar-refractivity contribution in [3.63, 3.8) is 0 Å². The smallest absolute Gasteiger partial charge is 0.323 e. The van der Waals surface area contributed by atoms with E-state index in [-0.39, 0.29) is 11.6 Å². The zero-order valence-corrected chi connectivity index (χ0v) is 10.9. The van der Waals surface area contributed by atoms with Crippen LogP contribution >= 0.6 is 0 Å². The van der Waals surface area contributed by atoms with Gasteiger partial charge in [-0.1, -0.05) is 0 Å². The maximum atomic E-state index is 12.2. The van der Waals surface area contributed by atoms with Gasteiger partial charge in [-0.3, -0.25) is 19.7 Å². The molecule has 0 unspecified atom stereocenters. The van der Waals surface area contributed by atoms with Crippen molar-refractivity contribution in [1.29, 1.82) is 0 Å². The third kappa shape index (κ3) is 3.44. The van der Waals surface area contributed by atoms with E-state index in [0.717, 1.165) is 17.0 Å². The lowest BCUT2D eigenvalue weighted by atomic mass is 10.1. The summed E-state index contributed by atoms with van der Waals surface area (Å²) < 4.78 is 0. The zero-order chi connectivity index (χ0) is 15.4. The van der Waals surface area contributed by atoms with Gasteiger partial charge in [-0.25, -0.2) is 0 Å². The normalized spacial score (nSPS) is 10.3. The summed E-state index contributed by atoms with van der Waals surface area (Å²) in [4.78, 5) is 33.9. The van der Waals surface area contributed by atoms with Crippen LogP contribution in [0.3, 0.4) is 0 Å². The fourth-order valence-corrected chi connectivity index (χ4v) is 1.60. The van der Waals surface area contributed by atoms with Gasteiger partial charge in [-0.05, 0) is 26.0 Å². The number of carbonyl (C=O) groups excluding carboxylic acids is 1. The summed E-state index contributed by atoms with van der Waals surface area (Å²) in [5.41, 5.74) is -0.653. The maximum absolute atomic E-state index is 12.2. The Morgan fingerprint density at radius 3 is 2.45 bits per heavy atom. The van der Waals surface area contributed by atoms with Crippen LogP contribution < -0.4 is 0 Å². The summed E-state index contributed by atoms with van der Waals surface area (Å²) in [5, 5.41) is 28.8. The third-order valence-electron chi connectivity index (χ3n) is 2.61. The van der Waals surface area contributed by atoms with Crippen molar-refractivity contribution in [3.05, 3.63) is 33.9 Å². The molecule has 20 heavy (non-hydrogen) atoms. The van der Waals surface area contributed by atoms with Gasteiger partial charge in [0.05, 0.1) is 4.92 Å². The van der Waals surface area contributed by atoms with Crippen LogP contribution in [0.25, 0.3) is 0 Å². The second-order valence-corrected chi connectivity index (χ2v) is 4.38. The van der Waals surface area contributed by atoms with E-state index in [4.69, 9.17) is 5.11 Å². The van der Waals surface area contributed by atoms with Crippen LogP contribution in [0.4, 0.5) is 5.69 Å². The number of nitro benzene ring substituents is 1. The number of hydrogen-bond acceptors (Lipinski definition) is 5. The molecule has 0 saturated carbocycles. The number of carboxylic acids is 1. The number of carbonyl (C=O) groups is 2. The largest absolute Gasteiger partial charge is 0.502 e. The molecular formula is C12H14N2O6. The lowest BCUT2D eigenvalue weighted by Gasteiger charge is -2.24.